The average molecular weight is 324 g/mol. The molecule has 0 aliphatic carbocycles. The van der Waals surface area contributed by atoms with E-state index in [9.17, 15) is 4.79 Å². The second-order valence-corrected chi connectivity index (χ2v) is 7.01. The van der Waals surface area contributed by atoms with Crippen molar-refractivity contribution in [3.05, 3.63) is 21.9 Å². The van der Waals surface area contributed by atoms with Crippen LogP contribution in [0.1, 0.15) is 16.7 Å². The summed E-state index contributed by atoms with van der Waals surface area (Å²) in [5, 5.41) is 0. The Morgan fingerprint density at radius 2 is 2.00 bits per heavy atom. The van der Waals surface area contributed by atoms with Gasteiger partial charge < -0.3 is 14.4 Å². The van der Waals surface area contributed by atoms with Crippen LogP contribution in [0.4, 0.5) is 0 Å². The number of carbonyl (C=O) groups excluding carboxylic acids is 1. The van der Waals surface area contributed by atoms with Crippen LogP contribution < -0.4 is 0 Å². The number of hydrogen-bond acceptors (Lipinski definition) is 5. The third-order valence-corrected chi connectivity index (χ3v) is 5.43. The zero-order valence-corrected chi connectivity index (χ0v) is 13.9. The van der Waals surface area contributed by atoms with Crippen LogP contribution in [0.2, 0.25) is 0 Å². The molecular weight excluding hydrogens is 300 g/mol. The molecule has 1 atom stereocenters. The Morgan fingerprint density at radius 1 is 1.23 bits per heavy atom. The summed E-state index contributed by atoms with van der Waals surface area (Å²) in [6.07, 6.45) is 0.709. The van der Waals surface area contributed by atoms with E-state index in [1.807, 2.05) is 16.2 Å². The SMILES string of the molecule is CCc1ccc(CN2CCN(C(=O)[C@H]3COCCO3)CC2)s1. The maximum atomic E-state index is 12.4. The molecule has 0 aromatic carbocycles. The molecule has 1 amide bonds. The lowest BCUT2D eigenvalue weighted by molar-refractivity contribution is -0.159. The van der Waals surface area contributed by atoms with E-state index in [1.54, 1.807) is 0 Å². The number of hydrogen-bond donors (Lipinski definition) is 0. The molecular formula is C16H24N2O3S. The van der Waals surface area contributed by atoms with Gasteiger partial charge in [-0.1, -0.05) is 6.92 Å². The summed E-state index contributed by atoms with van der Waals surface area (Å²) in [6.45, 7) is 8.13. The van der Waals surface area contributed by atoms with Crippen LogP contribution in [-0.2, 0) is 27.2 Å². The summed E-state index contributed by atoms with van der Waals surface area (Å²) in [4.78, 5) is 19.6. The van der Waals surface area contributed by atoms with Crippen molar-refractivity contribution in [1.82, 2.24) is 9.80 Å². The van der Waals surface area contributed by atoms with Crippen molar-refractivity contribution in [2.24, 2.45) is 0 Å². The van der Waals surface area contributed by atoms with Crippen LogP contribution in [0.25, 0.3) is 0 Å². The lowest BCUT2D eigenvalue weighted by Gasteiger charge is -2.36. The first-order valence-electron chi connectivity index (χ1n) is 8.04. The minimum Gasteiger partial charge on any atom is -0.376 e. The molecule has 0 bridgehead atoms. The number of carbonyl (C=O) groups is 1. The van der Waals surface area contributed by atoms with Gasteiger partial charge in [-0.15, -0.1) is 11.3 Å². The van der Waals surface area contributed by atoms with Crippen molar-refractivity contribution in [3.8, 4) is 0 Å². The number of thiophene rings is 1. The largest absolute Gasteiger partial charge is 0.376 e. The van der Waals surface area contributed by atoms with Gasteiger partial charge in [0.2, 0.25) is 0 Å². The predicted molar refractivity (Wildman–Crippen MR) is 86.1 cm³/mol. The van der Waals surface area contributed by atoms with Gasteiger partial charge in [-0.2, -0.15) is 0 Å². The third-order valence-electron chi connectivity index (χ3n) is 4.22. The minimum absolute atomic E-state index is 0.0868. The maximum absolute atomic E-state index is 12.4. The average Bonchev–Trinajstić information content (AvgIpc) is 3.03. The van der Waals surface area contributed by atoms with E-state index in [2.05, 4.69) is 24.0 Å². The first-order chi connectivity index (χ1) is 10.8. The highest BCUT2D eigenvalue weighted by Gasteiger charge is 2.29. The van der Waals surface area contributed by atoms with E-state index in [-0.39, 0.29) is 5.91 Å². The van der Waals surface area contributed by atoms with Crippen LogP contribution in [0.3, 0.4) is 0 Å². The van der Waals surface area contributed by atoms with Gasteiger partial charge in [0.15, 0.2) is 6.10 Å². The molecule has 5 nitrogen and oxygen atoms in total. The Hall–Kier alpha value is -0.950. The zero-order chi connectivity index (χ0) is 15.4. The molecule has 0 radical (unpaired) electrons. The molecule has 3 rings (SSSR count). The van der Waals surface area contributed by atoms with Crippen molar-refractivity contribution >= 4 is 17.2 Å². The topological polar surface area (TPSA) is 42.0 Å². The predicted octanol–water partition coefficient (Wildman–Crippen LogP) is 1.37. The molecule has 0 unspecified atom stereocenters. The number of ether oxygens (including phenoxy) is 2. The van der Waals surface area contributed by atoms with Crippen LogP contribution in [-0.4, -0.2) is 67.8 Å². The van der Waals surface area contributed by atoms with Gasteiger partial charge in [-0.05, 0) is 18.6 Å². The highest BCUT2D eigenvalue weighted by molar-refractivity contribution is 7.11. The Kier molecular flexibility index (Phi) is 5.46. The number of aryl methyl sites for hydroxylation is 1. The van der Waals surface area contributed by atoms with E-state index in [1.165, 1.54) is 9.75 Å². The summed E-state index contributed by atoms with van der Waals surface area (Å²) < 4.78 is 10.8. The van der Waals surface area contributed by atoms with Gasteiger partial charge in [0.1, 0.15) is 0 Å². The first kappa shape index (κ1) is 15.9. The van der Waals surface area contributed by atoms with E-state index in [0.717, 1.165) is 39.1 Å². The Morgan fingerprint density at radius 3 is 2.64 bits per heavy atom. The van der Waals surface area contributed by atoms with Gasteiger partial charge in [-0.3, -0.25) is 9.69 Å². The standard InChI is InChI=1S/C16H24N2O3S/c1-2-13-3-4-14(22-13)11-17-5-7-18(8-6-17)16(19)15-12-20-9-10-21-15/h3-4,15H,2,5-12H2,1H3/t15-/m1/s1. The molecule has 6 heteroatoms. The number of nitrogens with zero attached hydrogens (tertiary/aromatic N) is 2. The van der Waals surface area contributed by atoms with E-state index in [0.29, 0.717) is 19.8 Å². The van der Waals surface area contributed by atoms with Gasteiger partial charge in [-0.25, -0.2) is 0 Å². The van der Waals surface area contributed by atoms with Gasteiger partial charge in [0.05, 0.1) is 19.8 Å². The molecule has 122 valence electrons. The summed E-state index contributed by atoms with van der Waals surface area (Å²) in [5.41, 5.74) is 0. The fourth-order valence-corrected chi connectivity index (χ4v) is 3.88. The molecule has 2 aliphatic heterocycles. The quantitative estimate of drug-likeness (QED) is 0.839. The lowest BCUT2D eigenvalue weighted by Crippen LogP contribution is -2.53. The Balaban J connectivity index is 1.46. The van der Waals surface area contributed by atoms with E-state index < -0.39 is 6.10 Å². The Labute approximate surface area is 135 Å². The fraction of sp³-hybridized carbons (Fsp3) is 0.688. The normalized spacial score (nSPS) is 23.7. The smallest absolute Gasteiger partial charge is 0.254 e. The van der Waals surface area contributed by atoms with E-state index in [4.69, 9.17) is 9.47 Å². The summed E-state index contributed by atoms with van der Waals surface area (Å²) in [5.74, 6) is 0.0868. The molecule has 3 heterocycles. The van der Waals surface area contributed by atoms with Crippen molar-refractivity contribution in [3.63, 3.8) is 0 Å². The highest BCUT2D eigenvalue weighted by Crippen LogP contribution is 2.19. The fourth-order valence-electron chi connectivity index (χ4n) is 2.88. The Bertz CT molecular complexity index is 491. The van der Waals surface area contributed by atoms with Crippen molar-refractivity contribution in [1.29, 1.82) is 0 Å². The molecule has 1 aromatic rings. The molecule has 0 spiro atoms. The third kappa shape index (κ3) is 3.87. The van der Waals surface area contributed by atoms with Crippen LogP contribution in [0.5, 0.6) is 0 Å². The van der Waals surface area contributed by atoms with Crippen LogP contribution in [0, 0.1) is 0 Å². The molecule has 1 aromatic heterocycles. The summed E-state index contributed by atoms with van der Waals surface area (Å²) in [6, 6.07) is 4.45. The monoisotopic (exact) mass is 324 g/mol. The van der Waals surface area contributed by atoms with Crippen LogP contribution >= 0.6 is 11.3 Å². The van der Waals surface area contributed by atoms with Crippen molar-refractivity contribution < 1.29 is 14.3 Å². The van der Waals surface area contributed by atoms with Crippen molar-refractivity contribution in [2.75, 3.05) is 46.0 Å². The summed E-state index contributed by atoms with van der Waals surface area (Å²) in [7, 11) is 0. The zero-order valence-electron chi connectivity index (χ0n) is 13.1. The molecule has 0 saturated carbocycles. The second kappa shape index (κ2) is 7.55. The summed E-state index contributed by atoms with van der Waals surface area (Å²) >= 11 is 1.90. The molecule has 22 heavy (non-hydrogen) atoms. The molecule has 2 aliphatic rings. The second-order valence-electron chi connectivity index (χ2n) is 5.76. The number of rotatable bonds is 4. The molecule has 0 N–H and O–H groups in total. The maximum Gasteiger partial charge on any atom is 0.254 e. The first-order valence-corrected chi connectivity index (χ1v) is 8.86. The van der Waals surface area contributed by atoms with Crippen LogP contribution in [0.15, 0.2) is 12.1 Å². The lowest BCUT2D eigenvalue weighted by atomic mass is 10.2. The number of piperazine rings is 1. The van der Waals surface area contributed by atoms with Gasteiger partial charge in [0.25, 0.3) is 5.91 Å². The minimum atomic E-state index is -0.398. The van der Waals surface area contributed by atoms with E-state index >= 15 is 0 Å². The highest BCUT2D eigenvalue weighted by atomic mass is 32.1. The molecule has 2 saturated heterocycles. The van der Waals surface area contributed by atoms with Crippen molar-refractivity contribution in [2.45, 2.75) is 26.0 Å². The number of amides is 1. The molecule has 2 fully saturated rings. The van der Waals surface area contributed by atoms with Gasteiger partial charge in [0, 0.05) is 42.5 Å². The van der Waals surface area contributed by atoms with Gasteiger partial charge >= 0.3 is 0 Å².